The number of carbonyl (C=O) groups is 2. The zero-order valence-electron chi connectivity index (χ0n) is 13.5. The van der Waals surface area contributed by atoms with Crippen LogP contribution < -0.4 is 14.8 Å². The third-order valence-corrected chi connectivity index (χ3v) is 3.86. The summed E-state index contributed by atoms with van der Waals surface area (Å²) in [6.45, 7) is 0.0972. The van der Waals surface area contributed by atoms with Crippen LogP contribution in [0.2, 0.25) is 0 Å². The molecular formula is C19H19NO4. The molecule has 1 N–H and O–H groups in total. The van der Waals surface area contributed by atoms with Crippen LogP contribution in [-0.4, -0.2) is 25.4 Å². The quantitative estimate of drug-likeness (QED) is 0.848. The summed E-state index contributed by atoms with van der Waals surface area (Å²) in [7, 11) is 1.58. The van der Waals surface area contributed by atoms with E-state index in [1.165, 1.54) is 0 Å². The number of ketones is 1. The van der Waals surface area contributed by atoms with E-state index in [1.807, 2.05) is 12.1 Å². The van der Waals surface area contributed by atoms with Gasteiger partial charge in [0.25, 0.3) is 5.91 Å². The highest BCUT2D eigenvalue weighted by Crippen LogP contribution is 2.30. The summed E-state index contributed by atoms with van der Waals surface area (Å²) in [6, 6.07) is 13.9. The Hall–Kier alpha value is -2.82. The van der Waals surface area contributed by atoms with E-state index in [1.54, 1.807) is 43.5 Å². The standard InChI is InChI=1S/C19H19NO4/c1-23-17-4-2-3-15(11-17)20-19(22)14-7-9-16(10-8-14)24-12-18(21)13-5-6-13/h2-4,7-11,13H,5-6,12H2,1H3,(H,20,22). The fourth-order valence-electron chi connectivity index (χ4n) is 2.28. The highest BCUT2D eigenvalue weighted by atomic mass is 16.5. The lowest BCUT2D eigenvalue weighted by Crippen LogP contribution is -2.13. The molecule has 1 saturated carbocycles. The smallest absolute Gasteiger partial charge is 0.255 e. The first kappa shape index (κ1) is 16.1. The zero-order chi connectivity index (χ0) is 16.9. The summed E-state index contributed by atoms with van der Waals surface area (Å²) in [5, 5.41) is 2.81. The third-order valence-electron chi connectivity index (χ3n) is 3.86. The molecule has 2 aromatic rings. The van der Waals surface area contributed by atoms with Gasteiger partial charge in [0, 0.05) is 23.2 Å². The van der Waals surface area contributed by atoms with Gasteiger partial charge in [0.2, 0.25) is 0 Å². The van der Waals surface area contributed by atoms with Crippen molar-refractivity contribution >= 4 is 17.4 Å². The van der Waals surface area contributed by atoms with Crippen LogP contribution in [0.1, 0.15) is 23.2 Å². The first-order valence-corrected chi connectivity index (χ1v) is 7.86. The Kier molecular flexibility index (Phi) is 4.79. The van der Waals surface area contributed by atoms with Crippen molar-refractivity contribution < 1.29 is 19.1 Å². The van der Waals surface area contributed by atoms with Gasteiger partial charge in [-0.25, -0.2) is 0 Å². The van der Waals surface area contributed by atoms with E-state index in [-0.39, 0.29) is 24.2 Å². The van der Waals surface area contributed by atoms with E-state index in [4.69, 9.17) is 9.47 Å². The second-order valence-electron chi connectivity index (χ2n) is 5.74. The number of hydrogen-bond acceptors (Lipinski definition) is 4. The number of nitrogens with one attached hydrogen (secondary N) is 1. The van der Waals surface area contributed by atoms with Gasteiger partial charge < -0.3 is 14.8 Å². The summed E-state index contributed by atoms with van der Waals surface area (Å²) in [5.74, 6) is 1.38. The molecule has 0 aliphatic heterocycles. The maximum atomic E-state index is 12.2. The van der Waals surface area contributed by atoms with Crippen molar-refractivity contribution in [2.24, 2.45) is 5.92 Å². The number of methoxy groups -OCH3 is 1. The molecule has 24 heavy (non-hydrogen) atoms. The van der Waals surface area contributed by atoms with E-state index in [2.05, 4.69) is 5.32 Å². The van der Waals surface area contributed by atoms with Crippen molar-refractivity contribution in [1.29, 1.82) is 0 Å². The number of rotatable bonds is 7. The van der Waals surface area contributed by atoms with Crippen LogP contribution in [0, 0.1) is 5.92 Å². The Morgan fingerprint density at radius 2 is 1.83 bits per heavy atom. The lowest BCUT2D eigenvalue weighted by Gasteiger charge is -2.08. The van der Waals surface area contributed by atoms with Crippen LogP contribution in [0.25, 0.3) is 0 Å². The van der Waals surface area contributed by atoms with E-state index < -0.39 is 0 Å². The predicted octanol–water partition coefficient (Wildman–Crippen LogP) is 3.31. The van der Waals surface area contributed by atoms with Crippen molar-refractivity contribution in [3.8, 4) is 11.5 Å². The Morgan fingerprint density at radius 1 is 1.08 bits per heavy atom. The topological polar surface area (TPSA) is 64.6 Å². The summed E-state index contributed by atoms with van der Waals surface area (Å²) >= 11 is 0. The van der Waals surface area contributed by atoms with Crippen LogP contribution in [-0.2, 0) is 4.79 Å². The second kappa shape index (κ2) is 7.17. The van der Waals surface area contributed by atoms with Crippen molar-refractivity contribution in [2.75, 3.05) is 19.0 Å². The van der Waals surface area contributed by atoms with E-state index >= 15 is 0 Å². The fraction of sp³-hybridized carbons (Fsp3) is 0.263. The Bertz CT molecular complexity index is 735. The number of Topliss-reactive ketones (excluding diaryl/α,β-unsaturated/α-hetero) is 1. The molecule has 5 heteroatoms. The predicted molar refractivity (Wildman–Crippen MR) is 90.6 cm³/mol. The molecule has 124 valence electrons. The molecule has 2 aromatic carbocycles. The van der Waals surface area contributed by atoms with E-state index in [0.29, 0.717) is 22.7 Å². The van der Waals surface area contributed by atoms with Crippen molar-refractivity contribution in [2.45, 2.75) is 12.8 Å². The van der Waals surface area contributed by atoms with Gasteiger partial charge in [0.1, 0.15) is 18.1 Å². The van der Waals surface area contributed by atoms with Crippen LogP contribution in [0.15, 0.2) is 48.5 Å². The lowest BCUT2D eigenvalue weighted by atomic mass is 10.2. The molecule has 0 aromatic heterocycles. The average molecular weight is 325 g/mol. The Morgan fingerprint density at radius 3 is 2.50 bits per heavy atom. The maximum Gasteiger partial charge on any atom is 0.255 e. The lowest BCUT2D eigenvalue weighted by molar-refractivity contribution is -0.122. The molecule has 0 radical (unpaired) electrons. The van der Waals surface area contributed by atoms with Crippen LogP contribution in [0.4, 0.5) is 5.69 Å². The summed E-state index contributed by atoms with van der Waals surface area (Å²) in [5.41, 5.74) is 1.17. The van der Waals surface area contributed by atoms with Crippen LogP contribution >= 0.6 is 0 Å². The number of carbonyl (C=O) groups excluding carboxylic acids is 2. The summed E-state index contributed by atoms with van der Waals surface area (Å²) in [6.07, 6.45) is 1.96. The number of anilines is 1. The number of benzene rings is 2. The molecular weight excluding hydrogens is 306 g/mol. The Labute approximate surface area is 140 Å². The average Bonchev–Trinajstić information content (AvgIpc) is 3.45. The van der Waals surface area contributed by atoms with E-state index in [9.17, 15) is 9.59 Å². The third kappa shape index (κ3) is 4.13. The minimum absolute atomic E-state index is 0.0972. The highest BCUT2D eigenvalue weighted by molar-refractivity contribution is 6.04. The molecule has 1 fully saturated rings. The highest BCUT2D eigenvalue weighted by Gasteiger charge is 2.29. The van der Waals surface area contributed by atoms with Gasteiger partial charge in [-0.3, -0.25) is 9.59 Å². The summed E-state index contributed by atoms with van der Waals surface area (Å²) < 4.78 is 10.6. The minimum Gasteiger partial charge on any atom is -0.497 e. The molecule has 5 nitrogen and oxygen atoms in total. The van der Waals surface area contributed by atoms with Crippen LogP contribution in [0.5, 0.6) is 11.5 Å². The molecule has 0 spiro atoms. The number of ether oxygens (including phenoxy) is 2. The van der Waals surface area contributed by atoms with Crippen LogP contribution in [0.3, 0.4) is 0 Å². The molecule has 0 atom stereocenters. The molecule has 0 bridgehead atoms. The largest absolute Gasteiger partial charge is 0.497 e. The first-order valence-electron chi connectivity index (χ1n) is 7.86. The normalized spacial score (nSPS) is 13.2. The molecule has 0 unspecified atom stereocenters. The van der Waals surface area contributed by atoms with Gasteiger partial charge in [-0.15, -0.1) is 0 Å². The molecule has 1 amide bonds. The summed E-state index contributed by atoms with van der Waals surface area (Å²) in [4.78, 5) is 23.9. The van der Waals surface area contributed by atoms with Crippen molar-refractivity contribution in [3.05, 3.63) is 54.1 Å². The van der Waals surface area contributed by atoms with Gasteiger partial charge >= 0.3 is 0 Å². The van der Waals surface area contributed by atoms with Gasteiger partial charge in [-0.05, 0) is 49.2 Å². The molecule has 1 aliphatic rings. The van der Waals surface area contributed by atoms with Gasteiger partial charge in [0.05, 0.1) is 7.11 Å². The van der Waals surface area contributed by atoms with Crippen molar-refractivity contribution in [3.63, 3.8) is 0 Å². The minimum atomic E-state index is -0.219. The van der Waals surface area contributed by atoms with Gasteiger partial charge in [-0.1, -0.05) is 6.07 Å². The molecule has 3 rings (SSSR count). The first-order chi connectivity index (χ1) is 11.7. The Balaban J connectivity index is 1.57. The molecule has 1 aliphatic carbocycles. The SMILES string of the molecule is COc1cccc(NC(=O)c2ccc(OCC(=O)C3CC3)cc2)c1. The van der Waals surface area contributed by atoms with Gasteiger partial charge in [0.15, 0.2) is 5.78 Å². The van der Waals surface area contributed by atoms with Crippen molar-refractivity contribution in [1.82, 2.24) is 0 Å². The monoisotopic (exact) mass is 325 g/mol. The molecule has 0 heterocycles. The van der Waals surface area contributed by atoms with Gasteiger partial charge in [-0.2, -0.15) is 0 Å². The second-order valence-corrected chi connectivity index (χ2v) is 5.74. The zero-order valence-corrected chi connectivity index (χ0v) is 13.5. The van der Waals surface area contributed by atoms with E-state index in [0.717, 1.165) is 12.8 Å². The number of amides is 1. The number of hydrogen-bond donors (Lipinski definition) is 1. The maximum absolute atomic E-state index is 12.2. The fourth-order valence-corrected chi connectivity index (χ4v) is 2.28. The molecule has 0 saturated heterocycles.